The minimum atomic E-state index is -1.94. The molecule has 1 aromatic rings. The zero-order valence-corrected chi connectivity index (χ0v) is 14.7. The zero-order valence-electron chi connectivity index (χ0n) is 11.5. The monoisotopic (exact) mass is 403 g/mol. The first kappa shape index (κ1) is 17.4. The Bertz CT molecular complexity index is 538. The molecular formula is C14H17Cl2NO2Ru. The van der Waals surface area contributed by atoms with Gasteiger partial charge >= 0.3 is 132 Å². The number of likely N-dealkylation sites (N-methyl/N-ethyl adjacent to an activating group) is 1. The first-order chi connectivity index (χ1) is 9.42. The van der Waals surface area contributed by atoms with Gasteiger partial charge in [0.25, 0.3) is 0 Å². The predicted molar refractivity (Wildman–Crippen MR) is 82.2 cm³/mol. The van der Waals surface area contributed by atoms with E-state index in [9.17, 15) is 4.79 Å². The van der Waals surface area contributed by atoms with E-state index < -0.39 is 13.5 Å². The predicted octanol–water partition coefficient (Wildman–Crippen LogP) is 3.31. The molecule has 6 heteroatoms. The molecule has 0 aliphatic rings. The molecule has 0 saturated heterocycles. The fourth-order valence-corrected chi connectivity index (χ4v) is 3.23. The second-order valence-electron chi connectivity index (χ2n) is 4.22. The fraction of sp³-hybridized carbons (Fsp3) is 0.286. The van der Waals surface area contributed by atoms with Gasteiger partial charge in [0.05, 0.1) is 0 Å². The molecule has 1 amide bonds. The number of benzene rings is 1. The van der Waals surface area contributed by atoms with E-state index in [4.69, 9.17) is 24.1 Å². The van der Waals surface area contributed by atoms with Gasteiger partial charge in [0, 0.05) is 0 Å². The number of halogens is 2. The van der Waals surface area contributed by atoms with Crippen molar-refractivity contribution in [2.24, 2.45) is 0 Å². The number of hydrogen-bond donors (Lipinski definition) is 1. The molecule has 0 bridgehead atoms. The molecule has 0 aliphatic carbocycles. The molecule has 0 fully saturated rings. The normalized spacial score (nSPS) is 11.6. The van der Waals surface area contributed by atoms with Gasteiger partial charge in [-0.25, -0.2) is 0 Å². The Morgan fingerprint density at radius 1 is 1.40 bits per heavy atom. The number of carbonyl (C=O) groups is 1. The number of nitrogens with one attached hydrogen (secondary N) is 1. The Kier molecular flexibility index (Phi) is 7.43. The van der Waals surface area contributed by atoms with Crippen molar-refractivity contribution in [1.29, 1.82) is 0 Å². The number of ether oxygens (including phenoxy) is 1. The molecule has 0 spiro atoms. The van der Waals surface area contributed by atoms with Gasteiger partial charge in [-0.15, -0.1) is 0 Å². The number of amides is 1. The molecule has 0 atom stereocenters. The van der Waals surface area contributed by atoms with Gasteiger partial charge in [0.15, 0.2) is 0 Å². The van der Waals surface area contributed by atoms with Crippen LogP contribution in [0.3, 0.4) is 0 Å². The van der Waals surface area contributed by atoms with Crippen LogP contribution >= 0.6 is 19.4 Å². The van der Waals surface area contributed by atoms with Crippen molar-refractivity contribution < 1.29 is 23.0 Å². The Labute approximate surface area is 132 Å². The standard InChI is InChI=1S/C14H17NO2.2ClH.Ru/c1-10(2)17-13-7-5-12(9-11(13)3)6-8-14(16)15-4;;;/h3,5-10H,1-2,4H3,(H,15,16);2*1H;/q;;;+2/p-2/b8-6+;;;. The van der Waals surface area contributed by atoms with Gasteiger partial charge < -0.3 is 0 Å². The maximum absolute atomic E-state index is 11.2. The average molecular weight is 403 g/mol. The summed E-state index contributed by atoms with van der Waals surface area (Å²) in [5.41, 5.74) is 1.75. The van der Waals surface area contributed by atoms with Gasteiger partial charge in [-0.2, -0.15) is 0 Å². The molecule has 1 rings (SSSR count). The summed E-state index contributed by atoms with van der Waals surface area (Å²) in [6.45, 7) is 3.92. The van der Waals surface area contributed by atoms with Crippen LogP contribution in [0.1, 0.15) is 25.0 Å². The summed E-state index contributed by atoms with van der Waals surface area (Å²) in [5.74, 6) is 0.595. The van der Waals surface area contributed by atoms with Crippen LogP contribution in [0.4, 0.5) is 0 Å². The Morgan fingerprint density at radius 2 is 2.10 bits per heavy atom. The third kappa shape index (κ3) is 6.17. The summed E-state index contributed by atoms with van der Waals surface area (Å²) < 4.78 is 7.55. The van der Waals surface area contributed by atoms with Crippen molar-refractivity contribution in [3.05, 3.63) is 35.4 Å². The van der Waals surface area contributed by atoms with Crippen molar-refractivity contribution in [2.45, 2.75) is 20.0 Å². The average Bonchev–Trinajstić information content (AvgIpc) is 2.37. The molecule has 112 valence electrons. The van der Waals surface area contributed by atoms with E-state index in [0.29, 0.717) is 0 Å². The van der Waals surface area contributed by atoms with Crippen LogP contribution in [0.5, 0.6) is 5.75 Å². The Hall–Kier alpha value is -0.697. The van der Waals surface area contributed by atoms with Crippen molar-refractivity contribution in [2.75, 3.05) is 7.05 Å². The van der Waals surface area contributed by atoms with Crippen LogP contribution in [-0.4, -0.2) is 23.7 Å². The van der Waals surface area contributed by atoms with E-state index in [1.807, 2.05) is 36.7 Å². The third-order valence-corrected chi connectivity index (χ3v) is 4.09. The van der Waals surface area contributed by atoms with Crippen molar-refractivity contribution in [3.8, 4) is 5.75 Å². The molecular weight excluding hydrogens is 386 g/mol. The number of hydrogen-bond acceptors (Lipinski definition) is 2. The minimum absolute atomic E-state index is 0.0701. The Morgan fingerprint density at radius 3 is 2.65 bits per heavy atom. The van der Waals surface area contributed by atoms with E-state index in [0.717, 1.165) is 16.9 Å². The molecule has 0 heterocycles. The van der Waals surface area contributed by atoms with Crippen molar-refractivity contribution in [1.82, 2.24) is 5.32 Å². The molecule has 1 N–H and O–H groups in total. The quantitative estimate of drug-likeness (QED) is 0.605. The first-order valence-corrected chi connectivity index (χ1v) is 11.4. The van der Waals surface area contributed by atoms with Crippen LogP contribution < -0.4 is 10.1 Å². The van der Waals surface area contributed by atoms with Crippen LogP contribution in [0.2, 0.25) is 0 Å². The van der Waals surface area contributed by atoms with Crippen LogP contribution in [0.25, 0.3) is 6.08 Å². The van der Waals surface area contributed by atoms with Gasteiger partial charge in [-0.05, 0) is 0 Å². The summed E-state index contributed by atoms with van der Waals surface area (Å²) in [4.78, 5) is 11.2. The number of rotatable bonds is 5. The molecule has 0 saturated carbocycles. The van der Waals surface area contributed by atoms with Gasteiger partial charge in [-0.1, -0.05) is 0 Å². The topological polar surface area (TPSA) is 38.3 Å². The van der Waals surface area contributed by atoms with Crippen LogP contribution in [0.15, 0.2) is 24.3 Å². The second-order valence-corrected chi connectivity index (χ2v) is 9.94. The van der Waals surface area contributed by atoms with E-state index >= 15 is 0 Å². The van der Waals surface area contributed by atoms with Gasteiger partial charge in [0.1, 0.15) is 0 Å². The molecule has 0 unspecified atom stereocenters. The third-order valence-electron chi connectivity index (χ3n) is 2.26. The number of carbonyl (C=O) groups excluding carboxylic acids is 1. The zero-order chi connectivity index (χ0) is 15.1. The molecule has 3 nitrogen and oxygen atoms in total. The molecule has 0 aliphatic heterocycles. The molecule has 0 radical (unpaired) electrons. The van der Waals surface area contributed by atoms with Gasteiger partial charge in [0.2, 0.25) is 0 Å². The summed E-state index contributed by atoms with van der Waals surface area (Å²) >= 11 is -1.94. The van der Waals surface area contributed by atoms with Gasteiger partial charge in [-0.3, -0.25) is 0 Å². The van der Waals surface area contributed by atoms with Crippen LogP contribution in [0, 0.1) is 0 Å². The Balaban J connectivity index is 3.10. The summed E-state index contributed by atoms with van der Waals surface area (Å²) in [6, 6.07) is 5.65. The van der Waals surface area contributed by atoms with Crippen molar-refractivity contribution >= 4 is 36.0 Å². The maximum atomic E-state index is 11.2. The first-order valence-electron chi connectivity index (χ1n) is 5.96. The van der Waals surface area contributed by atoms with E-state index in [1.54, 1.807) is 13.1 Å². The van der Waals surface area contributed by atoms with E-state index in [1.165, 1.54) is 6.08 Å². The molecule has 0 aromatic heterocycles. The van der Waals surface area contributed by atoms with Crippen LogP contribution in [-0.2, 0) is 18.3 Å². The molecule has 20 heavy (non-hydrogen) atoms. The SMILES string of the molecule is CNC(=O)/C=C/c1ccc(OC(C)C)c([CH]=[Ru]([Cl])[Cl])c1. The van der Waals surface area contributed by atoms with Crippen molar-refractivity contribution in [3.63, 3.8) is 0 Å². The second kappa shape index (κ2) is 8.56. The summed E-state index contributed by atoms with van der Waals surface area (Å²) in [6.07, 6.45) is 3.27. The molecule has 1 aromatic carbocycles. The summed E-state index contributed by atoms with van der Waals surface area (Å²) in [5, 5.41) is 2.53. The fourth-order valence-electron chi connectivity index (χ4n) is 1.45. The van der Waals surface area contributed by atoms with E-state index in [2.05, 4.69) is 5.32 Å². The van der Waals surface area contributed by atoms with E-state index in [-0.39, 0.29) is 12.0 Å². The summed E-state index contributed by atoms with van der Waals surface area (Å²) in [7, 11) is 13.5.